The average molecular weight is 1890 g/mol. The molecule has 0 fully saturated rings. The molecule has 16 rings (SSSR count). The summed E-state index contributed by atoms with van der Waals surface area (Å²) in [4.78, 5) is 51.5. The number of thiazole rings is 1. The first-order valence-corrected chi connectivity index (χ1v) is 33.1. The molecule has 0 saturated heterocycles. The Balaban J connectivity index is 0.000000198. The van der Waals surface area contributed by atoms with Crippen molar-refractivity contribution in [3.63, 3.8) is 0 Å². The summed E-state index contributed by atoms with van der Waals surface area (Å²) in [6.07, 6.45) is 12.3. The topological polar surface area (TPSA) is 148 Å². The van der Waals surface area contributed by atoms with Gasteiger partial charge in [0.05, 0.1) is 21.5 Å². The number of carbonyl (C=O) groups excluding carboxylic acids is 1. The fraction of sp³-hybridized carbons (Fsp3) is 0.149. The maximum absolute atomic E-state index is 13.2. The third kappa shape index (κ3) is 22.9. The predicted molar refractivity (Wildman–Crippen MR) is 405 cm³/mol. The number of aromatic nitrogens is 6. The van der Waals surface area contributed by atoms with E-state index in [1.165, 1.54) is 36.7 Å². The van der Waals surface area contributed by atoms with Crippen LogP contribution in [0.25, 0.3) is 88.0 Å². The molecule has 0 atom stereocenters. The molecule has 102 heavy (non-hydrogen) atoms. The van der Waals surface area contributed by atoms with Gasteiger partial charge in [0.2, 0.25) is 0 Å². The molecule has 0 bridgehead atoms. The molecule has 0 aliphatic carbocycles. The summed E-state index contributed by atoms with van der Waals surface area (Å²) >= 11 is 1.54. The van der Waals surface area contributed by atoms with E-state index < -0.39 is 0 Å². The molecule has 2 aliphatic rings. The van der Waals surface area contributed by atoms with Gasteiger partial charge in [-0.05, 0) is 126 Å². The van der Waals surface area contributed by atoms with Gasteiger partial charge in [0.1, 0.15) is 10.6 Å². The van der Waals surface area contributed by atoms with E-state index >= 15 is 0 Å². The standard InChI is InChI=1S/C26H26N2O2S.5C11H8N.C5H8O2.CH4.3Ir/c1-25(2)9-11-28-12-10-26(3,4)20-21(28)17(25)14-15-13-16(24(29)30-22(15)20)23-27-18-7-5-6-8-19(18)31-23;5*1-2-6-10(7-3-1)11-8-4-5-9-12-11;1-4(6)3-5(2)7;;;;/h5-8,13-14H,9-12H2,1-4H3;5*1-6,8-9H;3,6H,1-2H3;1H4;;;/q;5*-1;;;;;+3. The summed E-state index contributed by atoms with van der Waals surface area (Å²) in [7, 11) is 0. The molecule has 7 aromatic heterocycles. The summed E-state index contributed by atoms with van der Waals surface area (Å²) in [6, 6.07) is 96.4. The second-order valence-electron chi connectivity index (χ2n) is 24.1. The van der Waals surface area contributed by atoms with Gasteiger partial charge in [-0.15, -0.1) is 191 Å². The molecule has 11 nitrogen and oxygen atoms in total. The molecule has 14 aromatic rings. The number of fused-ring (bicyclic) bond motifs is 3. The molecule has 520 valence electrons. The van der Waals surface area contributed by atoms with Crippen molar-refractivity contribution < 1.29 is 74.6 Å². The fourth-order valence-electron chi connectivity index (χ4n) is 11.0. The third-order valence-electron chi connectivity index (χ3n) is 15.9. The number of pyridine rings is 5. The molecule has 9 heterocycles. The fourth-order valence-corrected chi connectivity index (χ4v) is 11.9. The Hall–Kier alpha value is -9.65. The minimum Gasteiger partial charge on any atom is -0.512 e. The van der Waals surface area contributed by atoms with Gasteiger partial charge in [-0.1, -0.05) is 108 Å². The molecule has 7 aromatic carbocycles. The molecule has 0 amide bonds. The minimum atomic E-state index is -0.300. The van der Waals surface area contributed by atoms with Crippen molar-refractivity contribution in [1.29, 1.82) is 0 Å². The van der Waals surface area contributed by atoms with E-state index in [9.17, 15) is 9.59 Å². The second kappa shape index (κ2) is 40.7. The van der Waals surface area contributed by atoms with E-state index in [-0.39, 0.29) is 95.7 Å². The normalized spacial score (nSPS) is 12.3. The van der Waals surface area contributed by atoms with Crippen LogP contribution in [-0.2, 0) is 75.9 Å². The van der Waals surface area contributed by atoms with E-state index in [0.29, 0.717) is 5.56 Å². The summed E-state index contributed by atoms with van der Waals surface area (Å²) in [5.41, 5.74) is 15.9. The molecule has 0 unspecified atom stereocenters. The van der Waals surface area contributed by atoms with E-state index in [4.69, 9.17) is 14.5 Å². The first-order valence-electron chi connectivity index (χ1n) is 32.3. The average Bonchev–Trinajstić information content (AvgIpc) is 0.803. The molecule has 2 radical (unpaired) electrons. The van der Waals surface area contributed by atoms with E-state index in [1.54, 1.807) is 42.3 Å². The van der Waals surface area contributed by atoms with Crippen molar-refractivity contribution in [3.05, 3.63) is 343 Å². The number of aliphatic hydroxyl groups is 1. The van der Waals surface area contributed by atoms with Gasteiger partial charge in [-0.25, -0.2) is 9.78 Å². The number of carbonyl (C=O) groups is 1. The Morgan fingerprint density at radius 2 is 0.853 bits per heavy atom. The summed E-state index contributed by atoms with van der Waals surface area (Å²) < 4.78 is 7.18. The number of ketones is 1. The van der Waals surface area contributed by atoms with Gasteiger partial charge in [0.15, 0.2) is 5.78 Å². The Morgan fingerprint density at radius 3 is 1.17 bits per heavy atom. The Kier molecular flexibility index (Phi) is 32.4. The monoisotopic (exact) mass is 1900 g/mol. The van der Waals surface area contributed by atoms with Crippen LogP contribution in [0.15, 0.2) is 301 Å². The van der Waals surface area contributed by atoms with Crippen LogP contribution in [0.2, 0.25) is 0 Å². The Labute approximate surface area is 644 Å². The van der Waals surface area contributed by atoms with E-state index in [1.807, 2.05) is 243 Å². The quantitative estimate of drug-likeness (QED) is 0.0703. The van der Waals surface area contributed by atoms with Crippen LogP contribution in [0.5, 0.6) is 0 Å². The van der Waals surface area contributed by atoms with Crippen LogP contribution in [0.4, 0.5) is 5.69 Å². The van der Waals surface area contributed by atoms with Crippen molar-refractivity contribution >= 4 is 44.0 Å². The number of aliphatic hydroxyl groups excluding tert-OH is 1. The van der Waals surface area contributed by atoms with Crippen LogP contribution in [0.1, 0.15) is 72.9 Å². The summed E-state index contributed by atoms with van der Waals surface area (Å²) in [5.74, 6) is -0.0625. The van der Waals surface area contributed by atoms with Gasteiger partial charge >= 0.3 is 25.7 Å². The third-order valence-corrected chi connectivity index (χ3v) is 17.0. The summed E-state index contributed by atoms with van der Waals surface area (Å²) in [6.45, 7) is 14.2. The van der Waals surface area contributed by atoms with Crippen molar-refractivity contribution in [2.45, 2.75) is 72.6 Å². The first-order chi connectivity index (χ1) is 47.7. The van der Waals surface area contributed by atoms with Crippen molar-refractivity contribution in [2.75, 3.05) is 18.0 Å². The van der Waals surface area contributed by atoms with Crippen LogP contribution in [0, 0.1) is 30.3 Å². The van der Waals surface area contributed by atoms with Crippen molar-refractivity contribution in [3.8, 4) is 66.9 Å². The zero-order valence-corrected chi connectivity index (χ0v) is 64.7. The first kappa shape index (κ1) is 81.3. The largest absolute Gasteiger partial charge is 3.00 e. The molecule has 0 saturated carbocycles. The molecule has 15 heteroatoms. The van der Waals surface area contributed by atoms with E-state index in [0.717, 1.165) is 108 Å². The number of benzene rings is 7. The van der Waals surface area contributed by atoms with Crippen LogP contribution >= 0.6 is 11.3 Å². The van der Waals surface area contributed by atoms with Crippen LogP contribution in [0.3, 0.4) is 0 Å². The number of hydrogen-bond acceptors (Lipinski definition) is 12. The van der Waals surface area contributed by atoms with Crippen molar-refractivity contribution in [2.24, 2.45) is 0 Å². The zero-order valence-electron chi connectivity index (χ0n) is 56.7. The number of anilines is 1. The predicted octanol–water partition coefficient (Wildman–Crippen LogP) is 20.6. The summed E-state index contributed by atoms with van der Waals surface area (Å²) in [5, 5.41) is 10.1. The molecule has 2 aliphatic heterocycles. The van der Waals surface area contributed by atoms with Crippen LogP contribution < -0.4 is 10.5 Å². The Morgan fingerprint density at radius 1 is 0.500 bits per heavy atom. The molecule has 0 spiro atoms. The zero-order chi connectivity index (χ0) is 68.5. The number of hydrogen-bond donors (Lipinski definition) is 1. The van der Waals surface area contributed by atoms with E-state index in [2.05, 4.69) is 93.9 Å². The maximum Gasteiger partial charge on any atom is 3.00 e. The van der Waals surface area contributed by atoms with Gasteiger partial charge in [0.25, 0.3) is 0 Å². The molecule has 1 N–H and O–H groups in total. The number of para-hydroxylation sites is 1. The number of allylic oxidation sites excluding steroid dienone is 2. The minimum absolute atomic E-state index is 0. The molecular weight excluding hydrogens is 1820 g/mol. The van der Waals surface area contributed by atoms with Gasteiger partial charge in [0, 0.05) is 107 Å². The molecular formula is C87H78Ir3N7O4S-2. The van der Waals surface area contributed by atoms with Crippen LogP contribution in [-0.4, -0.2) is 53.9 Å². The SMILES string of the molecule is C.CC(=O)C=C(C)O.CC1(C)CCN2CCC(C)(C)c3c2c1cc1cc(-c2nc4ccccc4s2)c(=O)oc31.[Ir+3].[Ir].[Ir].[c-]1ccccc1-c1ccccn1.[c-]1ccccc1-c1ccccn1.[c-]1ccccc1-c1ccccn1.[c-]1ccccc1-c1ccccn1.[c-]1ccccc1-c1ccccn1. The maximum atomic E-state index is 13.2. The Bertz CT molecular complexity index is 4200. The number of rotatable bonds is 7. The number of nitrogens with zero attached hydrogens (tertiary/aromatic N) is 7. The second-order valence-corrected chi connectivity index (χ2v) is 25.1. The van der Waals surface area contributed by atoms with Gasteiger partial charge < -0.3 is 39.3 Å². The smallest absolute Gasteiger partial charge is 0.512 e. The van der Waals surface area contributed by atoms with Crippen molar-refractivity contribution in [1.82, 2.24) is 29.9 Å². The van der Waals surface area contributed by atoms with Gasteiger partial charge in [-0.2, -0.15) is 0 Å². The van der Waals surface area contributed by atoms with Gasteiger partial charge in [-0.3, -0.25) is 4.79 Å².